The van der Waals surface area contributed by atoms with Gasteiger partial charge in [-0.15, -0.1) is 0 Å². The number of nitrogens with zero attached hydrogens (tertiary/aromatic N) is 3. The second-order valence-corrected chi connectivity index (χ2v) is 7.52. The second-order valence-electron chi connectivity index (χ2n) is 7.52. The number of carbonyl (C=O) groups is 1. The van der Waals surface area contributed by atoms with Crippen LogP contribution < -0.4 is 0 Å². The lowest BCUT2D eigenvalue weighted by atomic mass is 9.73. The summed E-state index contributed by atoms with van der Waals surface area (Å²) >= 11 is 0. The van der Waals surface area contributed by atoms with Crippen molar-refractivity contribution in [3.63, 3.8) is 0 Å². The van der Waals surface area contributed by atoms with Crippen LogP contribution in [0.5, 0.6) is 0 Å². The van der Waals surface area contributed by atoms with Gasteiger partial charge in [0.2, 0.25) is 5.91 Å². The second kappa shape index (κ2) is 7.99. The van der Waals surface area contributed by atoms with Crippen LogP contribution in [0.2, 0.25) is 0 Å². The minimum absolute atomic E-state index is 0.137. The van der Waals surface area contributed by atoms with Crippen LogP contribution in [0, 0.1) is 16.7 Å². The van der Waals surface area contributed by atoms with E-state index in [0.29, 0.717) is 24.9 Å². The van der Waals surface area contributed by atoms with Crippen molar-refractivity contribution in [2.75, 3.05) is 32.8 Å². The lowest BCUT2D eigenvalue weighted by Crippen LogP contribution is -2.54. The van der Waals surface area contributed by atoms with Crippen molar-refractivity contribution in [3.05, 3.63) is 35.4 Å². The van der Waals surface area contributed by atoms with Crippen molar-refractivity contribution in [3.8, 4) is 6.07 Å². The number of nitriles is 1. The van der Waals surface area contributed by atoms with E-state index in [1.54, 1.807) is 0 Å². The molecular weight excluding hydrogens is 314 g/mol. The predicted molar refractivity (Wildman–Crippen MR) is 95.6 cm³/mol. The number of piperidine rings is 2. The van der Waals surface area contributed by atoms with E-state index < -0.39 is 0 Å². The average molecular weight is 341 g/mol. The van der Waals surface area contributed by atoms with Gasteiger partial charge in [0.25, 0.3) is 0 Å². The van der Waals surface area contributed by atoms with Crippen molar-refractivity contribution >= 4 is 5.91 Å². The molecule has 1 amide bonds. The number of aliphatic hydroxyl groups excluding tert-OH is 1. The summed E-state index contributed by atoms with van der Waals surface area (Å²) in [5.41, 5.74) is 2.08. The van der Waals surface area contributed by atoms with E-state index in [1.165, 1.54) is 12.0 Å². The minimum atomic E-state index is 0.137. The smallest absolute Gasteiger partial charge is 0.222 e. The Balaban J connectivity index is 1.65. The van der Waals surface area contributed by atoms with Gasteiger partial charge in [0.15, 0.2) is 0 Å². The summed E-state index contributed by atoms with van der Waals surface area (Å²) in [5, 5.41) is 18.1. The summed E-state index contributed by atoms with van der Waals surface area (Å²) in [6.45, 7) is 4.57. The summed E-state index contributed by atoms with van der Waals surface area (Å²) in [7, 11) is 0. The van der Waals surface area contributed by atoms with Gasteiger partial charge in [0.05, 0.1) is 11.6 Å². The van der Waals surface area contributed by atoms with Crippen molar-refractivity contribution < 1.29 is 9.90 Å². The molecule has 0 bridgehead atoms. The van der Waals surface area contributed by atoms with Crippen LogP contribution in [0.3, 0.4) is 0 Å². The molecule has 2 saturated heterocycles. The molecule has 1 atom stereocenters. The fourth-order valence-corrected chi connectivity index (χ4v) is 4.34. The Morgan fingerprint density at radius 3 is 2.96 bits per heavy atom. The molecule has 0 saturated carbocycles. The highest BCUT2D eigenvalue weighted by molar-refractivity contribution is 5.77. The fraction of sp³-hybridized carbons (Fsp3) is 0.600. The fourth-order valence-electron chi connectivity index (χ4n) is 4.34. The molecule has 2 fully saturated rings. The number of likely N-dealkylation sites (tertiary alicyclic amines) is 2. The Morgan fingerprint density at radius 2 is 2.16 bits per heavy atom. The third-order valence-corrected chi connectivity index (χ3v) is 5.54. The highest BCUT2D eigenvalue weighted by Gasteiger charge is 2.41. The summed E-state index contributed by atoms with van der Waals surface area (Å²) in [4.78, 5) is 16.6. The summed E-state index contributed by atoms with van der Waals surface area (Å²) < 4.78 is 0. The number of amides is 1. The lowest BCUT2D eigenvalue weighted by Gasteiger charge is -2.48. The van der Waals surface area contributed by atoms with Crippen molar-refractivity contribution in [1.29, 1.82) is 5.26 Å². The van der Waals surface area contributed by atoms with E-state index in [4.69, 9.17) is 10.4 Å². The lowest BCUT2D eigenvalue weighted by molar-refractivity contribution is -0.139. The van der Waals surface area contributed by atoms with Gasteiger partial charge in [-0.1, -0.05) is 12.1 Å². The summed E-state index contributed by atoms with van der Waals surface area (Å²) in [6, 6.07) is 10.1. The third-order valence-electron chi connectivity index (χ3n) is 5.54. The van der Waals surface area contributed by atoms with Crippen LogP contribution in [0.15, 0.2) is 24.3 Å². The molecule has 2 heterocycles. The van der Waals surface area contributed by atoms with Gasteiger partial charge in [0, 0.05) is 44.6 Å². The SMILES string of the molecule is N#Cc1cccc(CN2CCC[C@@]3(CCC(=O)N(CCCO)C3)C2)c1. The molecule has 2 aliphatic heterocycles. The van der Waals surface area contributed by atoms with Crippen molar-refractivity contribution in [2.45, 2.75) is 38.6 Å². The maximum atomic E-state index is 12.2. The van der Waals surface area contributed by atoms with Gasteiger partial charge in [0.1, 0.15) is 0 Å². The first-order valence-electron chi connectivity index (χ1n) is 9.24. The summed E-state index contributed by atoms with van der Waals surface area (Å²) in [5.74, 6) is 0.234. The predicted octanol–water partition coefficient (Wildman–Crippen LogP) is 2.15. The molecule has 5 nitrogen and oxygen atoms in total. The van der Waals surface area contributed by atoms with Crippen LogP contribution in [0.25, 0.3) is 0 Å². The van der Waals surface area contributed by atoms with E-state index in [9.17, 15) is 4.79 Å². The highest BCUT2D eigenvalue weighted by Crippen LogP contribution is 2.39. The molecule has 0 aliphatic carbocycles. The Bertz CT molecular complexity index is 655. The maximum Gasteiger partial charge on any atom is 0.222 e. The van der Waals surface area contributed by atoms with Crippen LogP contribution in [0.1, 0.15) is 43.2 Å². The number of hydrogen-bond acceptors (Lipinski definition) is 4. The quantitative estimate of drug-likeness (QED) is 0.891. The minimum Gasteiger partial charge on any atom is -0.396 e. The molecule has 5 heteroatoms. The normalized spacial score (nSPS) is 24.5. The number of hydrogen-bond donors (Lipinski definition) is 1. The molecule has 2 aliphatic rings. The molecule has 1 aromatic carbocycles. The zero-order valence-corrected chi connectivity index (χ0v) is 14.8. The van der Waals surface area contributed by atoms with Crippen molar-refractivity contribution in [1.82, 2.24) is 9.80 Å². The Hall–Kier alpha value is -1.90. The van der Waals surface area contributed by atoms with Gasteiger partial charge < -0.3 is 10.0 Å². The first-order chi connectivity index (χ1) is 12.1. The third kappa shape index (κ3) is 4.39. The van der Waals surface area contributed by atoms with Crippen LogP contribution in [-0.2, 0) is 11.3 Å². The molecule has 1 N–H and O–H groups in total. The van der Waals surface area contributed by atoms with Crippen LogP contribution >= 0.6 is 0 Å². The van der Waals surface area contributed by atoms with E-state index in [-0.39, 0.29) is 17.9 Å². The van der Waals surface area contributed by atoms with Crippen LogP contribution in [0.4, 0.5) is 0 Å². The molecule has 0 aromatic heterocycles. The van der Waals surface area contributed by atoms with Gasteiger partial charge in [-0.25, -0.2) is 0 Å². The molecule has 1 aromatic rings. The van der Waals surface area contributed by atoms with Gasteiger partial charge in [-0.05, 0) is 49.9 Å². The number of aliphatic hydroxyl groups is 1. The molecule has 134 valence electrons. The van der Waals surface area contributed by atoms with Gasteiger partial charge >= 0.3 is 0 Å². The Labute approximate surface area is 149 Å². The van der Waals surface area contributed by atoms with Crippen LogP contribution in [-0.4, -0.2) is 53.6 Å². The molecule has 0 radical (unpaired) electrons. The highest BCUT2D eigenvalue weighted by atomic mass is 16.3. The number of rotatable bonds is 5. The molecule has 1 spiro atoms. The number of carbonyl (C=O) groups excluding carboxylic acids is 1. The zero-order valence-electron chi connectivity index (χ0n) is 14.8. The maximum absolute atomic E-state index is 12.2. The van der Waals surface area contributed by atoms with Gasteiger partial charge in [-0.2, -0.15) is 5.26 Å². The Morgan fingerprint density at radius 1 is 1.28 bits per heavy atom. The van der Waals surface area contributed by atoms with E-state index >= 15 is 0 Å². The topological polar surface area (TPSA) is 67.6 Å². The van der Waals surface area contributed by atoms with E-state index in [1.807, 2.05) is 23.1 Å². The molecule has 3 rings (SSSR count). The zero-order chi connectivity index (χ0) is 17.7. The largest absolute Gasteiger partial charge is 0.396 e. The molecular formula is C20H27N3O2. The average Bonchev–Trinajstić information content (AvgIpc) is 2.63. The monoisotopic (exact) mass is 341 g/mol. The first kappa shape index (κ1) is 17.9. The van der Waals surface area contributed by atoms with E-state index in [2.05, 4.69) is 17.0 Å². The van der Waals surface area contributed by atoms with Gasteiger partial charge in [-0.3, -0.25) is 9.69 Å². The van der Waals surface area contributed by atoms with Crippen molar-refractivity contribution in [2.24, 2.45) is 5.41 Å². The summed E-state index contributed by atoms with van der Waals surface area (Å²) in [6.07, 6.45) is 4.58. The Kier molecular flexibility index (Phi) is 5.72. The van der Waals surface area contributed by atoms with E-state index in [0.717, 1.165) is 39.0 Å². The standard InChI is InChI=1S/C20H27N3O2/c21-13-17-4-1-5-18(12-17)14-22-9-2-7-20(15-22)8-6-19(25)23(16-20)10-3-11-24/h1,4-5,12,24H,2-3,6-11,14-16H2/t20-/m1/s1. The first-order valence-corrected chi connectivity index (χ1v) is 9.24. The number of benzene rings is 1. The molecule has 0 unspecified atom stereocenters. The molecule has 25 heavy (non-hydrogen) atoms.